The van der Waals surface area contributed by atoms with Gasteiger partial charge in [0.15, 0.2) is 0 Å². The van der Waals surface area contributed by atoms with Crippen LogP contribution in [0.3, 0.4) is 0 Å². The van der Waals surface area contributed by atoms with Crippen LogP contribution < -0.4 is 10.3 Å². The molecule has 0 bridgehead atoms. The summed E-state index contributed by atoms with van der Waals surface area (Å²) in [5.74, 6) is 0.492. The van der Waals surface area contributed by atoms with Gasteiger partial charge in [-0.2, -0.15) is 5.10 Å². The predicted molar refractivity (Wildman–Crippen MR) is 45.2 cm³/mol. The molecular weight excluding hydrogens is 156 g/mol. The van der Waals surface area contributed by atoms with Crippen LogP contribution in [-0.4, -0.2) is 15.8 Å². The Morgan fingerprint density at radius 2 is 2.17 bits per heavy atom. The molecule has 0 fully saturated rings. The number of H-pyrrole nitrogens is 1. The molecule has 12 heavy (non-hydrogen) atoms. The van der Waals surface area contributed by atoms with Gasteiger partial charge in [-0.1, -0.05) is 0 Å². The van der Waals surface area contributed by atoms with Crippen molar-refractivity contribution in [3.05, 3.63) is 22.6 Å². The third-order valence-electron chi connectivity index (χ3n) is 1.06. The third-order valence-corrected chi connectivity index (χ3v) is 1.06. The van der Waals surface area contributed by atoms with Gasteiger partial charge in [0.1, 0.15) is 11.4 Å². The first kappa shape index (κ1) is 8.77. The standard InChI is InChI=1S/C8H12N2O2/c1-8(2,3)12-6-4-7(11)10-9-5-6/h4-5H,1-3H3,(H,10,11). The molecule has 4 nitrogen and oxygen atoms in total. The molecule has 1 heterocycles. The van der Waals surface area contributed by atoms with E-state index in [1.54, 1.807) is 0 Å². The van der Waals surface area contributed by atoms with Crippen LogP contribution in [0.25, 0.3) is 0 Å². The molecule has 66 valence electrons. The number of aromatic nitrogens is 2. The Bertz CT molecular complexity index is 311. The molecule has 0 aliphatic heterocycles. The Morgan fingerprint density at radius 3 is 2.67 bits per heavy atom. The first-order valence-corrected chi connectivity index (χ1v) is 3.71. The number of nitrogens with zero attached hydrogens (tertiary/aromatic N) is 1. The maximum atomic E-state index is 10.8. The van der Waals surface area contributed by atoms with Gasteiger partial charge in [-0.25, -0.2) is 5.10 Å². The van der Waals surface area contributed by atoms with Crippen molar-refractivity contribution in [1.29, 1.82) is 0 Å². The average molecular weight is 168 g/mol. The molecule has 1 aromatic heterocycles. The van der Waals surface area contributed by atoms with Crippen LogP contribution in [0.1, 0.15) is 20.8 Å². The van der Waals surface area contributed by atoms with E-state index >= 15 is 0 Å². The van der Waals surface area contributed by atoms with Crippen LogP contribution in [0.15, 0.2) is 17.1 Å². The molecule has 0 aromatic carbocycles. The quantitative estimate of drug-likeness (QED) is 0.679. The van der Waals surface area contributed by atoms with Gasteiger partial charge in [0.2, 0.25) is 0 Å². The van der Waals surface area contributed by atoms with Crippen LogP contribution >= 0.6 is 0 Å². The highest BCUT2D eigenvalue weighted by molar-refractivity contribution is 5.13. The van der Waals surface area contributed by atoms with Gasteiger partial charge in [-0.05, 0) is 20.8 Å². The van der Waals surface area contributed by atoms with Crippen LogP contribution in [0.4, 0.5) is 0 Å². The maximum absolute atomic E-state index is 10.8. The van der Waals surface area contributed by atoms with E-state index in [4.69, 9.17) is 4.74 Å². The van der Waals surface area contributed by atoms with Gasteiger partial charge in [0, 0.05) is 6.07 Å². The molecule has 0 saturated carbocycles. The summed E-state index contributed by atoms with van der Waals surface area (Å²) in [6, 6.07) is 1.37. The summed E-state index contributed by atoms with van der Waals surface area (Å²) in [7, 11) is 0. The zero-order chi connectivity index (χ0) is 9.19. The maximum Gasteiger partial charge on any atom is 0.267 e. The van der Waals surface area contributed by atoms with E-state index in [2.05, 4.69) is 10.2 Å². The Kier molecular flexibility index (Phi) is 2.17. The third kappa shape index (κ3) is 2.74. The van der Waals surface area contributed by atoms with Crippen molar-refractivity contribution in [2.45, 2.75) is 26.4 Å². The first-order valence-electron chi connectivity index (χ1n) is 3.71. The van der Waals surface area contributed by atoms with Crippen molar-refractivity contribution in [2.75, 3.05) is 0 Å². The second-order valence-electron chi connectivity index (χ2n) is 3.50. The molecule has 1 N–H and O–H groups in total. The summed E-state index contributed by atoms with van der Waals surface area (Å²) in [4.78, 5) is 10.8. The molecule has 0 aliphatic rings. The molecule has 0 amide bonds. The lowest BCUT2D eigenvalue weighted by atomic mass is 10.2. The zero-order valence-electron chi connectivity index (χ0n) is 7.42. The number of ether oxygens (including phenoxy) is 1. The molecule has 0 radical (unpaired) electrons. The lowest BCUT2D eigenvalue weighted by Gasteiger charge is -2.20. The second-order valence-corrected chi connectivity index (χ2v) is 3.50. The fourth-order valence-electron chi connectivity index (χ4n) is 0.768. The Hall–Kier alpha value is -1.32. The van der Waals surface area contributed by atoms with Gasteiger partial charge >= 0.3 is 0 Å². The van der Waals surface area contributed by atoms with Crippen LogP contribution in [-0.2, 0) is 0 Å². The fraction of sp³-hybridized carbons (Fsp3) is 0.500. The fourth-order valence-corrected chi connectivity index (χ4v) is 0.768. The van der Waals surface area contributed by atoms with Gasteiger partial charge < -0.3 is 4.74 Å². The summed E-state index contributed by atoms with van der Waals surface area (Å²) in [5.41, 5.74) is -0.549. The molecule has 1 aromatic rings. The van der Waals surface area contributed by atoms with Crippen molar-refractivity contribution < 1.29 is 4.74 Å². The summed E-state index contributed by atoms with van der Waals surface area (Å²) in [6.07, 6.45) is 1.48. The molecular formula is C8H12N2O2. The van der Waals surface area contributed by atoms with Crippen LogP contribution in [0, 0.1) is 0 Å². The summed E-state index contributed by atoms with van der Waals surface area (Å²) in [6.45, 7) is 5.73. The molecule has 0 saturated heterocycles. The van der Waals surface area contributed by atoms with Crippen molar-refractivity contribution in [3.8, 4) is 5.75 Å². The lowest BCUT2D eigenvalue weighted by molar-refractivity contribution is 0.130. The Balaban J connectivity index is 2.84. The molecule has 0 aliphatic carbocycles. The number of hydrogen-bond acceptors (Lipinski definition) is 3. The topological polar surface area (TPSA) is 55.0 Å². The summed E-state index contributed by atoms with van der Waals surface area (Å²) in [5, 5.41) is 5.88. The molecule has 0 atom stereocenters. The first-order chi connectivity index (χ1) is 5.47. The average Bonchev–Trinajstić information content (AvgIpc) is 1.82. The van der Waals surface area contributed by atoms with Crippen LogP contribution in [0.5, 0.6) is 5.75 Å². The van der Waals surface area contributed by atoms with E-state index < -0.39 is 0 Å². The van der Waals surface area contributed by atoms with E-state index in [0.29, 0.717) is 5.75 Å². The summed E-state index contributed by atoms with van der Waals surface area (Å²) < 4.78 is 5.40. The molecule has 4 heteroatoms. The smallest absolute Gasteiger partial charge is 0.267 e. The van der Waals surface area contributed by atoms with Gasteiger partial charge in [-0.15, -0.1) is 0 Å². The highest BCUT2D eigenvalue weighted by Crippen LogP contribution is 2.13. The van der Waals surface area contributed by atoms with E-state index in [-0.39, 0.29) is 11.2 Å². The van der Waals surface area contributed by atoms with Crippen molar-refractivity contribution in [2.24, 2.45) is 0 Å². The SMILES string of the molecule is CC(C)(C)Oc1cn[nH]c(=O)c1. The lowest BCUT2D eigenvalue weighted by Crippen LogP contribution is -2.24. The molecule has 0 unspecified atom stereocenters. The minimum absolute atomic E-state index is 0.253. The van der Waals surface area contributed by atoms with E-state index in [1.807, 2.05) is 20.8 Å². The van der Waals surface area contributed by atoms with Crippen molar-refractivity contribution >= 4 is 0 Å². The number of aromatic amines is 1. The highest BCUT2D eigenvalue weighted by Gasteiger charge is 2.11. The minimum atomic E-state index is -0.296. The van der Waals surface area contributed by atoms with Gasteiger partial charge in [0.05, 0.1) is 6.20 Å². The Morgan fingerprint density at radius 1 is 1.50 bits per heavy atom. The van der Waals surface area contributed by atoms with E-state index in [0.717, 1.165) is 0 Å². The van der Waals surface area contributed by atoms with Crippen molar-refractivity contribution in [3.63, 3.8) is 0 Å². The molecule has 0 spiro atoms. The normalized spacial score (nSPS) is 11.2. The molecule has 1 rings (SSSR count). The van der Waals surface area contributed by atoms with E-state index in [9.17, 15) is 4.79 Å². The minimum Gasteiger partial charge on any atom is -0.486 e. The zero-order valence-corrected chi connectivity index (χ0v) is 7.42. The van der Waals surface area contributed by atoms with Gasteiger partial charge in [-0.3, -0.25) is 4.79 Å². The monoisotopic (exact) mass is 168 g/mol. The van der Waals surface area contributed by atoms with E-state index in [1.165, 1.54) is 12.3 Å². The number of hydrogen-bond donors (Lipinski definition) is 1. The second kappa shape index (κ2) is 2.97. The largest absolute Gasteiger partial charge is 0.486 e. The number of rotatable bonds is 1. The number of nitrogens with one attached hydrogen (secondary N) is 1. The summed E-state index contributed by atoms with van der Waals surface area (Å²) >= 11 is 0. The highest BCUT2D eigenvalue weighted by atomic mass is 16.5. The predicted octanol–water partition coefficient (Wildman–Crippen LogP) is 0.947. The Labute approximate surface area is 70.6 Å². The van der Waals surface area contributed by atoms with Gasteiger partial charge in [0.25, 0.3) is 5.56 Å². The van der Waals surface area contributed by atoms with Crippen molar-refractivity contribution in [1.82, 2.24) is 10.2 Å². The van der Waals surface area contributed by atoms with Crippen LogP contribution in [0.2, 0.25) is 0 Å².